The summed E-state index contributed by atoms with van der Waals surface area (Å²) in [5.41, 5.74) is 1.30. The molecule has 100 valence electrons. The minimum atomic E-state index is 0.342. The van der Waals surface area contributed by atoms with Gasteiger partial charge >= 0.3 is 0 Å². The molecule has 3 heteroatoms. The van der Waals surface area contributed by atoms with E-state index < -0.39 is 0 Å². The average Bonchev–Trinajstić information content (AvgIpc) is 2.46. The van der Waals surface area contributed by atoms with E-state index in [9.17, 15) is 0 Å². The molecule has 2 rings (SSSR count). The second kappa shape index (κ2) is 7.31. The molecule has 0 saturated carbocycles. The molecule has 0 heterocycles. The van der Waals surface area contributed by atoms with Crippen molar-refractivity contribution in [1.29, 1.82) is 0 Å². The van der Waals surface area contributed by atoms with Crippen LogP contribution in [0.15, 0.2) is 59.1 Å². The smallest absolute Gasteiger partial charge is 0.119 e. The van der Waals surface area contributed by atoms with Crippen LogP contribution in [0.1, 0.15) is 18.5 Å². The summed E-state index contributed by atoms with van der Waals surface area (Å²) in [6.07, 6.45) is 0. The van der Waals surface area contributed by atoms with Crippen LogP contribution < -0.4 is 10.1 Å². The standard InChI is InChI=1S/C16H18BrNO/c1-13(14-5-3-2-4-6-14)18-11-12-19-16-9-7-15(17)8-10-16/h2-10,13,18H,11-12H2,1H3. The highest BCUT2D eigenvalue weighted by molar-refractivity contribution is 9.10. The molecule has 1 N–H and O–H groups in total. The Balaban J connectivity index is 1.71. The first-order chi connectivity index (χ1) is 9.25. The van der Waals surface area contributed by atoms with Crippen LogP contribution in [0.4, 0.5) is 0 Å². The summed E-state index contributed by atoms with van der Waals surface area (Å²) >= 11 is 3.40. The molecule has 2 aromatic rings. The summed E-state index contributed by atoms with van der Waals surface area (Å²) in [7, 11) is 0. The molecule has 0 aromatic heterocycles. The van der Waals surface area contributed by atoms with Crippen molar-refractivity contribution in [2.24, 2.45) is 0 Å². The molecule has 2 aromatic carbocycles. The molecule has 1 atom stereocenters. The Kier molecular flexibility index (Phi) is 5.43. The van der Waals surface area contributed by atoms with Crippen LogP contribution in [-0.2, 0) is 0 Å². The van der Waals surface area contributed by atoms with Crippen LogP contribution in [0.25, 0.3) is 0 Å². The van der Waals surface area contributed by atoms with Crippen molar-refractivity contribution in [3.05, 3.63) is 64.6 Å². The van der Waals surface area contributed by atoms with Crippen molar-refractivity contribution in [2.75, 3.05) is 13.2 Å². The Morgan fingerprint density at radius 2 is 1.74 bits per heavy atom. The zero-order chi connectivity index (χ0) is 13.5. The molecular weight excluding hydrogens is 302 g/mol. The largest absolute Gasteiger partial charge is 0.492 e. The highest BCUT2D eigenvalue weighted by Gasteiger charge is 2.02. The number of rotatable bonds is 6. The first-order valence-corrected chi connectivity index (χ1v) is 7.22. The lowest BCUT2D eigenvalue weighted by Gasteiger charge is -2.14. The molecule has 0 bridgehead atoms. The molecule has 0 saturated heterocycles. The van der Waals surface area contributed by atoms with Crippen molar-refractivity contribution in [1.82, 2.24) is 5.32 Å². The SMILES string of the molecule is CC(NCCOc1ccc(Br)cc1)c1ccccc1. The van der Waals surface area contributed by atoms with Gasteiger partial charge < -0.3 is 10.1 Å². The second-order valence-electron chi connectivity index (χ2n) is 4.39. The van der Waals surface area contributed by atoms with E-state index in [1.807, 2.05) is 30.3 Å². The zero-order valence-corrected chi connectivity index (χ0v) is 12.6. The fourth-order valence-electron chi connectivity index (χ4n) is 1.83. The molecule has 0 amide bonds. The minimum absolute atomic E-state index is 0.342. The minimum Gasteiger partial charge on any atom is -0.492 e. The van der Waals surface area contributed by atoms with Gasteiger partial charge in [0, 0.05) is 17.1 Å². The van der Waals surface area contributed by atoms with Crippen molar-refractivity contribution in [3.63, 3.8) is 0 Å². The number of hydrogen-bond acceptors (Lipinski definition) is 2. The summed E-state index contributed by atoms with van der Waals surface area (Å²) in [5, 5.41) is 3.45. The molecule has 1 unspecified atom stereocenters. The third-order valence-electron chi connectivity index (χ3n) is 2.93. The number of nitrogens with one attached hydrogen (secondary N) is 1. The third kappa shape index (κ3) is 4.69. The van der Waals surface area contributed by atoms with Crippen LogP contribution in [-0.4, -0.2) is 13.2 Å². The Morgan fingerprint density at radius 3 is 2.42 bits per heavy atom. The fourth-order valence-corrected chi connectivity index (χ4v) is 2.10. The van der Waals surface area contributed by atoms with Crippen LogP contribution in [0.5, 0.6) is 5.75 Å². The van der Waals surface area contributed by atoms with Gasteiger partial charge in [-0.1, -0.05) is 46.3 Å². The summed E-state index contributed by atoms with van der Waals surface area (Å²) in [6, 6.07) is 18.7. The lowest BCUT2D eigenvalue weighted by atomic mass is 10.1. The van der Waals surface area contributed by atoms with Crippen LogP contribution in [0, 0.1) is 0 Å². The molecule has 0 aliphatic heterocycles. The average molecular weight is 320 g/mol. The summed E-state index contributed by atoms with van der Waals surface area (Å²) in [4.78, 5) is 0. The Hall–Kier alpha value is -1.32. The Labute approximate surface area is 122 Å². The summed E-state index contributed by atoms with van der Waals surface area (Å²) in [6.45, 7) is 3.65. The maximum absolute atomic E-state index is 5.66. The van der Waals surface area contributed by atoms with E-state index in [0.717, 1.165) is 16.8 Å². The predicted octanol–water partition coefficient (Wildman–Crippen LogP) is 4.18. The van der Waals surface area contributed by atoms with Gasteiger partial charge in [-0.3, -0.25) is 0 Å². The quantitative estimate of drug-likeness (QED) is 0.806. The number of ether oxygens (including phenoxy) is 1. The first kappa shape index (κ1) is 14.1. The fraction of sp³-hybridized carbons (Fsp3) is 0.250. The molecule has 2 nitrogen and oxygen atoms in total. The van der Waals surface area contributed by atoms with Gasteiger partial charge in [-0.05, 0) is 36.8 Å². The predicted molar refractivity (Wildman–Crippen MR) is 82.5 cm³/mol. The van der Waals surface area contributed by atoms with Crippen LogP contribution >= 0.6 is 15.9 Å². The number of hydrogen-bond donors (Lipinski definition) is 1. The molecule has 0 fully saturated rings. The van der Waals surface area contributed by atoms with Gasteiger partial charge in [0.15, 0.2) is 0 Å². The van der Waals surface area contributed by atoms with Crippen molar-refractivity contribution in [2.45, 2.75) is 13.0 Å². The number of halogens is 1. The monoisotopic (exact) mass is 319 g/mol. The van der Waals surface area contributed by atoms with Crippen molar-refractivity contribution in [3.8, 4) is 5.75 Å². The van der Waals surface area contributed by atoms with E-state index in [4.69, 9.17) is 4.74 Å². The van der Waals surface area contributed by atoms with Crippen LogP contribution in [0.3, 0.4) is 0 Å². The Bertz CT molecular complexity index is 484. The second-order valence-corrected chi connectivity index (χ2v) is 5.30. The normalized spacial score (nSPS) is 12.1. The topological polar surface area (TPSA) is 21.3 Å². The van der Waals surface area contributed by atoms with E-state index in [2.05, 4.69) is 52.4 Å². The van der Waals surface area contributed by atoms with Gasteiger partial charge in [-0.15, -0.1) is 0 Å². The highest BCUT2D eigenvalue weighted by atomic mass is 79.9. The molecule has 19 heavy (non-hydrogen) atoms. The first-order valence-electron chi connectivity index (χ1n) is 6.42. The molecule has 0 radical (unpaired) electrons. The highest BCUT2D eigenvalue weighted by Crippen LogP contribution is 2.16. The maximum atomic E-state index is 5.66. The van der Waals surface area contributed by atoms with Crippen LogP contribution in [0.2, 0.25) is 0 Å². The van der Waals surface area contributed by atoms with Crippen molar-refractivity contribution < 1.29 is 4.74 Å². The molecule has 0 aliphatic carbocycles. The van der Waals surface area contributed by atoms with Gasteiger partial charge in [-0.25, -0.2) is 0 Å². The summed E-state index contributed by atoms with van der Waals surface area (Å²) in [5.74, 6) is 0.900. The van der Waals surface area contributed by atoms with E-state index in [0.29, 0.717) is 12.6 Å². The Morgan fingerprint density at radius 1 is 1.05 bits per heavy atom. The maximum Gasteiger partial charge on any atom is 0.119 e. The lowest BCUT2D eigenvalue weighted by molar-refractivity contribution is 0.307. The summed E-state index contributed by atoms with van der Waals surface area (Å²) < 4.78 is 6.73. The molecule has 0 aliphatic rings. The van der Waals surface area contributed by atoms with E-state index in [1.165, 1.54) is 5.56 Å². The lowest BCUT2D eigenvalue weighted by Crippen LogP contribution is -2.24. The molecule has 0 spiro atoms. The zero-order valence-electron chi connectivity index (χ0n) is 11.0. The van der Waals surface area contributed by atoms with E-state index in [1.54, 1.807) is 0 Å². The van der Waals surface area contributed by atoms with Gasteiger partial charge in [0.2, 0.25) is 0 Å². The van der Waals surface area contributed by atoms with Gasteiger partial charge in [-0.2, -0.15) is 0 Å². The number of benzene rings is 2. The molecular formula is C16H18BrNO. The van der Waals surface area contributed by atoms with Gasteiger partial charge in [0.05, 0.1) is 0 Å². The van der Waals surface area contributed by atoms with E-state index >= 15 is 0 Å². The van der Waals surface area contributed by atoms with E-state index in [-0.39, 0.29) is 0 Å². The van der Waals surface area contributed by atoms with Gasteiger partial charge in [0.25, 0.3) is 0 Å². The van der Waals surface area contributed by atoms with Crippen molar-refractivity contribution >= 4 is 15.9 Å². The third-order valence-corrected chi connectivity index (χ3v) is 3.46. The van der Waals surface area contributed by atoms with Gasteiger partial charge in [0.1, 0.15) is 12.4 Å².